The molecule has 1 amide bonds. The zero-order chi connectivity index (χ0) is 18.8. The van der Waals surface area contributed by atoms with E-state index in [0.29, 0.717) is 31.9 Å². The quantitative estimate of drug-likeness (QED) is 0.586. The summed E-state index contributed by atoms with van der Waals surface area (Å²) in [5.41, 5.74) is 5.75. The summed E-state index contributed by atoms with van der Waals surface area (Å²) in [7, 11) is -3.53. The number of carbonyl (C=O) groups excluding carboxylic acids is 1. The number of hydrogen-bond acceptors (Lipinski definition) is 7. The van der Waals surface area contributed by atoms with Gasteiger partial charge in [-0.2, -0.15) is 0 Å². The van der Waals surface area contributed by atoms with E-state index in [1.165, 1.54) is 12.1 Å². The number of nitro groups is 1. The first-order valence-corrected chi connectivity index (χ1v) is 9.75. The molecule has 2 rings (SSSR count). The number of hydrogen-bond donors (Lipinski definition) is 1. The normalized spacial score (nSPS) is 16.6. The highest BCUT2D eigenvalue weighted by atomic mass is 32.2. The van der Waals surface area contributed by atoms with Crippen molar-refractivity contribution >= 4 is 27.1 Å². The predicted octanol–water partition coefficient (Wildman–Crippen LogP) is 0.384. The molecule has 0 bridgehead atoms. The number of sulfone groups is 1. The van der Waals surface area contributed by atoms with E-state index in [0.717, 1.165) is 12.3 Å². The summed E-state index contributed by atoms with van der Waals surface area (Å²) in [5, 5.41) is 11.3. The Bertz CT molecular complexity index is 770. The van der Waals surface area contributed by atoms with Gasteiger partial charge in [0, 0.05) is 51.0 Å². The average Bonchev–Trinajstić information content (AvgIpc) is 2.53. The monoisotopic (exact) mass is 370 g/mol. The molecule has 1 saturated heterocycles. The van der Waals surface area contributed by atoms with Crippen molar-refractivity contribution in [3.8, 4) is 0 Å². The van der Waals surface area contributed by atoms with Crippen LogP contribution in [0.3, 0.4) is 0 Å². The predicted molar refractivity (Wildman–Crippen MR) is 93.3 cm³/mol. The molecule has 1 atom stereocenters. The third-order valence-corrected chi connectivity index (χ3v) is 5.15. The minimum atomic E-state index is -3.53. The molecule has 1 unspecified atom stereocenters. The van der Waals surface area contributed by atoms with E-state index in [9.17, 15) is 23.3 Å². The third kappa shape index (κ3) is 4.67. The molecule has 0 spiro atoms. The highest BCUT2D eigenvalue weighted by Gasteiger charge is 2.27. The summed E-state index contributed by atoms with van der Waals surface area (Å²) in [6.07, 6.45) is 1.28. The maximum Gasteiger partial charge on any atom is 0.293 e. The van der Waals surface area contributed by atoms with Gasteiger partial charge >= 0.3 is 0 Å². The number of nitro benzene ring substituents is 1. The summed E-state index contributed by atoms with van der Waals surface area (Å²) in [4.78, 5) is 26.2. The lowest BCUT2D eigenvalue weighted by molar-refractivity contribution is -0.384. The first kappa shape index (κ1) is 19.1. The lowest BCUT2D eigenvalue weighted by atomic mass is 10.2. The van der Waals surface area contributed by atoms with Crippen LogP contribution in [0.25, 0.3) is 0 Å². The van der Waals surface area contributed by atoms with E-state index >= 15 is 0 Å². The van der Waals surface area contributed by atoms with Gasteiger partial charge in [-0.1, -0.05) is 0 Å². The largest absolute Gasteiger partial charge is 0.362 e. The first-order chi connectivity index (χ1) is 11.6. The fourth-order valence-corrected chi connectivity index (χ4v) is 3.39. The van der Waals surface area contributed by atoms with Gasteiger partial charge in [-0.05, 0) is 19.1 Å². The summed E-state index contributed by atoms with van der Waals surface area (Å²) in [6, 6.07) is 3.69. The summed E-state index contributed by atoms with van der Waals surface area (Å²) < 4.78 is 23.2. The lowest BCUT2D eigenvalue weighted by Crippen LogP contribution is -2.49. The van der Waals surface area contributed by atoms with Crippen LogP contribution in [0.4, 0.5) is 11.4 Å². The highest BCUT2D eigenvalue weighted by molar-refractivity contribution is 7.90. The van der Waals surface area contributed by atoms with Crippen molar-refractivity contribution in [3.63, 3.8) is 0 Å². The van der Waals surface area contributed by atoms with E-state index < -0.39 is 14.8 Å². The van der Waals surface area contributed by atoms with Crippen LogP contribution >= 0.6 is 0 Å². The molecule has 1 aliphatic heterocycles. The smallest absolute Gasteiger partial charge is 0.293 e. The molecular weight excluding hydrogens is 348 g/mol. The Morgan fingerprint density at radius 2 is 1.92 bits per heavy atom. The van der Waals surface area contributed by atoms with Crippen LogP contribution in [0.1, 0.15) is 13.3 Å². The van der Waals surface area contributed by atoms with Crippen molar-refractivity contribution in [2.24, 2.45) is 5.73 Å². The number of anilines is 1. The number of piperazine rings is 1. The van der Waals surface area contributed by atoms with Crippen LogP contribution in [0, 0.1) is 10.1 Å². The van der Waals surface area contributed by atoms with Crippen LogP contribution < -0.4 is 10.6 Å². The van der Waals surface area contributed by atoms with E-state index in [1.54, 1.807) is 16.7 Å². The van der Waals surface area contributed by atoms with Crippen LogP contribution in [-0.4, -0.2) is 62.6 Å². The van der Waals surface area contributed by atoms with Crippen LogP contribution in [0.15, 0.2) is 23.1 Å². The van der Waals surface area contributed by atoms with Crippen molar-refractivity contribution in [1.82, 2.24) is 4.90 Å². The van der Waals surface area contributed by atoms with Crippen molar-refractivity contribution in [3.05, 3.63) is 28.3 Å². The van der Waals surface area contributed by atoms with Crippen molar-refractivity contribution in [2.45, 2.75) is 24.3 Å². The summed E-state index contributed by atoms with van der Waals surface area (Å²) >= 11 is 0. The Hall–Kier alpha value is -2.20. The van der Waals surface area contributed by atoms with Crippen molar-refractivity contribution in [2.75, 3.05) is 37.3 Å². The zero-order valence-electron chi connectivity index (χ0n) is 14.2. The Morgan fingerprint density at radius 1 is 1.32 bits per heavy atom. The van der Waals surface area contributed by atoms with Crippen LogP contribution in [0.2, 0.25) is 0 Å². The van der Waals surface area contributed by atoms with Gasteiger partial charge in [0.05, 0.1) is 9.82 Å². The Morgan fingerprint density at radius 3 is 2.40 bits per heavy atom. The van der Waals surface area contributed by atoms with Gasteiger partial charge in [0.2, 0.25) is 5.91 Å². The van der Waals surface area contributed by atoms with Crippen molar-refractivity contribution in [1.29, 1.82) is 0 Å². The zero-order valence-corrected chi connectivity index (χ0v) is 15.0. The second-order valence-corrected chi connectivity index (χ2v) is 8.24. The third-order valence-electron chi connectivity index (χ3n) is 4.04. The number of carbonyl (C=O) groups is 1. The van der Waals surface area contributed by atoms with Gasteiger partial charge in [-0.25, -0.2) is 8.42 Å². The van der Waals surface area contributed by atoms with Crippen LogP contribution in [0.5, 0.6) is 0 Å². The van der Waals surface area contributed by atoms with Gasteiger partial charge < -0.3 is 15.5 Å². The SMILES string of the molecule is CC(N)CC(=O)N1CCN(c2ccc(S(C)(=O)=O)cc2[N+](=O)[O-])CC1. The number of benzene rings is 1. The Kier molecular flexibility index (Phi) is 5.63. The topological polar surface area (TPSA) is 127 Å². The number of amides is 1. The molecule has 10 heteroatoms. The van der Waals surface area contributed by atoms with E-state index in [-0.39, 0.29) is 29.0 Å². The number of nitrogens with two attached hydrogens (primary N) is 1. The lowest BCUT2D eigenvalue weighted by Gasteiger charge is -2.36. The summed E-state index contributed by atoms with van der Waals surface area (Å²) in [6.45, 7) is 3.52. The maximum absolute atomic E-state index is 12.0. The highest BCUT2D eigenvalue weighted by Crippen LogP contribution is 2.31. The minimum Gasteiger partial charge on any atom is -0.362 e. The molecule has 0 aliphatic carbocycles. The van der Waals surface area contributed by atoms with Gasteiger partial charge in [-0.3, -0.25) is 14.9 Å². The van der Waals surface area contributed by atoms with Gasteiger partial charge in [0.15, 0.2) is 9.84 Å². The number of nitrogens with zero attached hydrogens (tertiary/aromatic N) is 3. The van der Waals surface area contributed by atoms with Gasteiger partial charge in [-0.15, -0.1) is 0 Å². The standard InChI is InChI=1S/C15H22N4O5S/c1-11(16)9-15(20)18-7-5-17(6-8-18)13-4-3-12(25(2,23)24)10-14(13)19(21)22/h3-4,10-11H,5-9,16H2,1-2H3. The van der Waals surface area contributed by atoms with Gasteiger partial charge in [0.25, 0.3) is 5.69 Å². The molecule has 1 fully saturated rings. The molecular formula is C15H22N4O5S. The van der Waals surface area contributed by atoms with E-state index in [4.69, 9.17) is 5.73 Å². The second kappa shape index (κ2) is 7.36. The molecule has 0 saturated carbocycles. The molecule has 2 N–H and O–H groups in total. The average molecular weight is 370 g/mol. The molecule has 1 aromatic rings. The second-order valence-electron chi connectivity index (χ2n) is 6.23. The first-order valence-electron chi connectivity index (χ1n) is 7.86. The van der Waals surface area contributed by atoms with E-state index in [1.807, 2.05) is 0 Å². The molecule has 1 aliphatic rings. The van der Waals surface area contributed by atoms with E-state index in [2.05, 4.69) is 0 Å². The van der Waals surface area contributed by atoms with Crippen LogP contribution in [-0.2, 0) is 14.6 Å². The fraction of sp³-hybridized carbons (Fsp3) is 0.533. The Balaban J connectivity index is 2.18. The molecule has 25 heavy (non-hydrogen) atoms. The fourth-order valence-electron chi connectivity index (χ4n) is 2.75. The summed E-state index contributed by atoms with van der Waals surface area (Å²) in [5.74, 6) is -0.0309. The molecule has 0 radical (unpaired) electrons. The maximum atomic E-state index is 12.0. The Labute approximate surface area is 146 Å². The molecule has 9 nitrogen and oxygen atoms in total. The van der Waals surface area contributed by atoms with Gasteiger partial charge in [0.1, 0.15) is 5.69 Å². The minimum absolute atomic E-state index is 0.0309. The molecule has 0 aromatic heterocycles. The molecule has 1 heterocycles. The number of rotatable bonds is 5. The molecule has 138 valence electrons. The van der Waals surface area contributed by atoms with Crippen molar-refractivity contribution < 1.29 is 18.1 Å². The molecule has 1 aromatic carbocycles.